The van der Waals surface area contributed by atoms with Gasteiger partial charge in [0.15, 0.2) is 0 Å². The Morgan fingerprint density at radius 3 is 2.89 bits per heavy atom. The van der Waals surface area contributed by atoms with Crippen LogP contribution in [0.25, 0.3) is 0 Å². The van der Waals surface area contributed by atoms with Gasteiger partial charge in [0.2, 0.25) is 0 Å². The Balaban J connectivity index is 2.09. The quantitative estimate of drug-likeness (QED) is 0.897. The molecule has 0 aromatic heterocycles. The number of aryl methyl sites for hydroxylation is 1. The molecule has 2 rings (SSSR count). The first-order valence-electron chi connectivity index (χ1n) is 7.14. The predicted molar refractivity (Wildman–Crippen MR) is 79.0 cm³/mol. The predicted octanol–water partition coefficient (Wildman–Crippen LogP) is 3.76. The SMILES string of the molecule is CCOc1cc(C)ccc1NC1CCOC(C)(C)C1. The Hall–Kier alpha value is -1.22. The van der Waals surface area contributed by atoms with Crippen LogP contribution in [-0.4, -0.2) is 24.9 Å². The van der Waals surface area contributed by atoms with E-state index in [1.54, 1.807) is 0 Å². The highest BCUT2D eigenvalue weighted by Gasteiger charge is 2.29. The maximum Gasteiger partial charge on any atom is 0.142 e. The molecule has 1 atom stereocenters. The van der Waals surface area contributed by atoms with Gasteiger partial charge < -0.3 is 14.8 Å². The van der Waals surface area contributed by atoms with Crippen LogP contribution in [0.3, 0.4) is 0 Å². The van der Waals surface area contributed by atoms with E-state index in [0.29, 0.717) is 12.6 Å². The molecule has 1 saturated heterocycles. The molecule has 0 radical (unpaired) electrons. The smallest absolute Gasteiger partial charge is 0.142 e. The molecule has 1 unspecified atom stereocenters. The van der Waals surface area contributed by atoms with E-state index in [2.05, 4.69) is 44.3 Å². The van der Waals surface area contributed by atoms with E-state index >= 15 is 0 Å². The van der Waals surface area contributed by atoms with Crippen molar-refractivity contribution in [2.75, 3.05) is 18.5 Å². The summed E-state index contributed by atoms with van der Waals surface area (Å²) in [5.74, 6) is 0.951. The average Bonchev–Trinajstić information content (AvgIpc) is 2.32. The highest BCUT2D eigenvalue weighted by molar-refractivity contribution is 5.58. The normalized spacial score (nSPS) is 22.0. The van der Waals surface area contributed by atoms with Gasteiger partial charge in [-0.3, -0.25) is 0 Å². The minimum atomic E-state index is -0.0353. The van der Waals surface area contributed by atoms with Gasteiger partial charge in [-0.25, -0.2) is 0 Å². The van der Waals surface area contributed by atoms with Gasteiger partial charge in [0, 0.05) is 12.6 Å². The van der Waals surface area contributed by atoms with E-state index in [4.69, 9.17) is 9.47 Å². The Bertz CT molecular complexity index is 429. The number of hydrogen-bond donors (Lipinski definition) is 1. The topological polar surface area (TPSA) is 30.5 Å². The summed E-state index contributed by atoms with van der Waals surface area (Å²) in [4.78, 5) is 0. The van der Waals surface area contributed by atoms with Crippen LogP contribution >= 0.6 is 0 Å². The summed E-state index contributed by atoms with van der Waals surface area (Å²) < 4.78 is 11.5. The summed E-state index contributed by atoms with van der Waals surface area (Å²) in [6, 6.07) is 6.78. The van der Waals surface area contributed by atoms with E-state index in [1.165, 1.54) is 5.56 Å². The first-order chi connectivity index (χ1) is 9.00. The molecule has 0 saturated carbocycles. The first kappa shape index (κ1) is 14.2. The minimum absolute atomic E-state index is 0.0353. The van der Waals surface area contributed by atoms with Crippen LogP contribution in [0.1, 0.15) is 39.2 Å². The standard InChI is InChI=1S/C16H25NO2/c1-5-18-15-10-12(2)6-7-14(15)17-13-8-9-19-16(3,4)11-13/h6-7,10,13,17H,5,8-9,11H2,1-4H3. The lowest BCUT2D eigenvalue weighted by Gasteiger charge is -2.36. The van der Waals surface area contributed by atoms with Crippen LogP contribution in [0.15, 0.2) is 18.2 Å². The number of anilines is 1. The minimum Gasteiger partial charge on any atom is -0.492 e. The molecule has 1 heterocycles. The molecule has 0 spiro atoms. The van der Waals surface area contributed by atoms with Crippen molar-refractivity contribution in [1.82, 2.24) is 0 Å². The van der Waals surface area contributed by atoms with Crippen molar-refractivity contribution in [2.24, 2.45) is 0 Å². The molecule has 0 amide bonds. The van der Waals surface area contributed by atoms with Gasteiger partial charge in [-0.2, -0.15) is 0 Å². The summed E-state index contributed by atoms with van der Waals surface area (Å²) >= 11 is 0. The fourth-order valence-electron chi connectivity index (χ4n) is 2.60. The van der Waals surface area contributed by atoms with Crippen molar-refractivity contribution in [3.63, 3.8) is 0 Å². The summed E-state index contributed by atoms with van der Waals surface area (Å²) in [7, 11) is 0. The van der Waals surface area contributed by atoms with Gasteiger partial charge in [-0.15, -0.1) is 0 Å². The van der Waals surface area contributed by atoms with Crippen molar-refractivity contribution in [1.29, 1.82) is 0 Å². The van der Waals surface area contributed by atoms with Gasteiger partial charge in [0.25, 0.3) is 0 Å². The molecule has 3 heteroatoms. The molecule has 1 fully saturated rings. The van der Waals surface area contributed by atoms with E-state index < -0.39 is 0 Å². The molecule has 0 aliphatic carbocycles. The molecule has 1 N–H and O–H groups in total. The molecule has 1 aliphatic rings. The second-order valence-electron chi connectivity index (χ2n) is 5.87. The van der Waals surface area contributed by atoms with Crippen molar-refractivity contribution < 1.29 is 9.47 Å². The third-order valence-electron chi connectivity index (χ3n) is 3.49. The van der Waals surface area contributed by atoms with Crippen LogP contribution in [0.2, 0.25) is 0 Å². The molecular formula is C16H25NO2. The number of rotatable bonds is 4. The second-order valence-corrected chi connectivity index (χ2v) is 5.87. The van der Waals surface area contributed by atoms with Gasteiger partial charge in [0.1, 0.15) is 5.75 Å². The lowest BCUT2D eigenvalue weighted by atomic mass is 9.93. The van der Waals surface area contributed by atoms with E-state index in [-0.39, 0.29) is 5.60 Å². The lowest BCUT2D eigenvalue weighted by Crippen LogP contribution is -2.40. The molecule has 19 heavy (non-hydrogen) atoms. The van der Waals surface area contributed by atoms with E-state index in [0.717, 1.165) is 30.9 Å². The summed E-state index contributed by atoms with van der Waals surface area (Å²) in [6.07, 6.45) is 2.06. The first-order valence-corrected chi connectivity index (χ1v) is 7.14. The zero-order valence-electron chi connectivity index (χ0n) is 12.5. The molecule has 106 valence electrons. The van der Waals surface area contributed by atoms with Crippen LogP contribution < -0.4 is 10.1 Å². The van der Waals surface area contributed by atoms with Crippen LogP contribution in [-0.2, 0) is 4.74 Å². The number of hydrogen-bond acceptors (Lipinski definition) is 3. The summed E-state index contributed by atoms with van der Waals surface area (Å²) in [5.41, 5.74) is 2.28. The zero-order chi connectivity index (χ0) is 13.9. The van der Waals surface area contributed by atoms with Gasteiger partial charge in [-0.05, 0) is 58.2 Å². The largest absolute Gasteiger partial charge is 0.492 e. The monoisotopic (exact) mass is 263 g/mol. The molecule has 3 nitrogen and oxygen atoms in total. The number of ether oxygens (including phenoxy) is 2. The summed E-state index contributed by atoms with van der Waals surface area (Å²) in [5, 5.41) is 3.61. The Morgan fingerprint density at radius 2 is 2.21 bits per heavy atom. The van der Waals surface area contributed by atoms with Crippen molar-refractivity contribution in [3.05, 3.63) is 23.8 Å². The van der Waals surface area contributed by atoms with Gasteiger partial charge >= 0.3 is 0 Å². The Labute approximate surface area is 116 Å². The van der Waals surface area contributed by atoms with E-state index in [1.807, 2.05) is 6.92 Å². The van der Waals surface area contributed by atoms with Gasteiger partial charge in [0.05, 0.1) is 17.9 Å². The molecule has 0 bridgehead atoms. The van der Waals surface area contributed by atoms with Crippen molar-refractivity contribution in [3.8, 4) is 5.75 Å². The van der Waals surface area contributed by atoms with Crippen molar-refractivity contribution >= 4 is 5.69 Å². The molecule has 1 aromatic rings. The highest BCUT2D eigenvalue weighted by atomic mass is 16.5. The number of benzene rings is 1. The third-order valence-corrected chi connectivity index (χ3v) is 3.49. The second kappa shape index (κ2) is 5.83. The average molecular weight is 263 g/mol. The van der Waals surface area contributed by atoms with Crippen LogP contribution in [0, 0.1) is 6.92 Å². The maximum absolute atomic E-state index is 5.76. The van der Waals surface area contributed by atoms with E-state index in [9.17, 15) is 0 Å². The zero-order valence-corrected chi connectivity index (χ0v) is 12.5. The molecule has 1 aromatic carbocycles. The fraction of sp³-hybridized carbons (Fsp3) is 0.625. The van der Waals surface area contributed by atoms with Crippen LogP contribution in [0.4, 0.5) is 5.69 Å². The fourth-order valence-corrected chi connectivity index (χ4v) is 2.60. The maximum atomic E-state index is 5.76. The number of nitrogens with one attached hydrogen (secondary N) is 1. The lowest BCUT2D eigenvalue weighted by molar-refractivity contribution is -0.0553. The summed E-state index contributed by atoms with van der Waals surface area (Å²) in [6.45, 7) is 9.92. The molecular weight excluding hydrogens is 238 g/mol. The van der Waals surface area contributed by atoms with Gasteiger partial charge in [-0.1, -0.05) is 6.07 Å². The highest BCUT2D eigenvalue weighted by Crippen LogP contribution is 2.31. The molecule has 1 aliphatic heterocycles. The Morgan fingerprint density at radius 1 is 1.42 bits per heavy atom. The third kappa shape index (κ3) is 3.87. The Kier molecular flexibility index (Phi) is 4.35. The van der Waals surface area contributed by atoms with Crippen LogP contribution in [0.5, 0.6) is 5.75 Å². The van der Waals surface area contributed by atoms with Crippen molar-refractivity contribution in [2.45, 2.75) is 52.2 Å².